The number of piperidine rings is 1. The molecule has 0 aromatic rings. The van der Waals surface area contributed by atoms with Crippen LogP contribution in [0.5, 0.6) is 0 Å². The summed E-state index contributed by atoms with van der Waals surface area (Å²) in [5.41, 5.74) is 0.224. The molecule has 2 aliphatic heterocycles. The maximum absolute atomic E-state index is 11.7. The molecule has 4 nitrogen and oxygen atoms in total. The minimum atomic E-state index is -0.0469. The van der Waals surface area contributed by atoms with Crippen LogP contribution in [0.4, 0.5) is 0 Å². The highest BCUT2D eigenvalue weighted by molar-refractivity contribution is 5.72. The molecule has 0 bridgehead atoms. The van der Waals surface area contributed by atoms with Gasteiger partial charge in [-0.15, -0.1) is 0 Å². The lowest BCUT2D eigenvalue weighted by molar-refractivity contribution is -0.147. The van der Waals surface area contributed by atoms with Crippen molar-refractivity contribution in [2.75, 3.05) is 26.7 Å². The van der Waals surface area contributed by atoms with E-state index in [2.05, 4.69) is 4.90 Å². The molecule has 4 heteroatoms. The van der Waals surface area contributed by atoms with E-state index in [1.165, 1.54) is 45.6 Å². The fourth-order valence-electron chi connectivity index (χ4n) is 4.28. The van der Waals surface area contributed by atoms with Gasteiger partial charge >= 0.3 is 5.97 Å². The Balaban J connectivity index is 1.49. The highest BCUT2D eigenvalue weighted by Gasteiger charge is 2.42. The van der Waals surface area contributed by atoms with Crippen LogP contribution in [-0.2, 0) is 14.3 Å². The first-order valence-electron chi connectivity index (χ1n) is 8.19. The van der Waals surface area contributed by atoms with E-state index in [1.54, 1.807) is 0 Å². The molecule has 3 rings (SSSR count). The third-order valence-electron chi connectivity index (χ3n) is 5.36. The molecule has 2 heterocycles. The molecule has 2 atom stereocenters. The predicted molar refractivity (Wildman–Crippen MR) is 76.5 cm³/mol. The fraction of sp³-hybridized carbons (Fsp3) is 0.938. The number of hydrogen-bond acceptors (Lipinski definition) is 4. The molecular formula is C16H27NO3. The van der Waals surface area contributed by atoms with Gasteiger partial charge in [-0.2, -0.15) is 0 Å². The third kappa shape index (κ3) is 3.01. The van der Waals surface area contributed by atoms with Gasteiger partial charge in [0.25, 0.3) is 0 Å². The molecule has 0 aromatic carbocycles. The molecule has 0 aromatic heterocycles. The lowest BCUT2D eigenvalue weighted by Crippen LogP contribution is -2.43. The highest BCUT2D eigenvalue weighted by atomic mass is 16.5. The maximum atomic E-state index is 11.7. The van der Waals surface area contributed by atoms with Gasteiger partial charge in [-0.1, -0.05) is 12.8 Å². The van der Waals surface area contributed by atoms with Crippen LogP contribution in [-0.4, -0.2) is 49.3 Å². The van der Waals surface area contributed by atoms with Gasteiger partial charge in [0.15, 0.2) is 0 Å². The number of likely N-dealkylation sites (tertiary alicyclic amines) is 1. The average Bonchev–Trinajstić information content (AvgIpc) is 3.09. The van der Waals surface area contributed by atoms with Crippen LogP contribution >= 0.6 is 0 Å². The first kappa shape index (κ1) is 14.3. The monoisotopic (exact) mass is 281 g/mol. The van der Waals surface area contributed by atoms with Gasteiger partial charge in [0.1, 0.15) is 0 Å². The summed E-state index contributed by atoms with van der Waals surface area (Å²) in [5, 5.41) is 0. The Hall–Kier alpha value is -0.610. The topological polar surface area (TPSA) is 38.8 Å². The minimum absolute atomic E-state index is 0.0469. The van der Waals surface area contributed by atoms with Crippen molar-refractivity contribution in [2.24, 2.45) is 5.92 Å². The second-order valence-electron chi connectivity index (χ2n) is 6.79. The van der Waals surface area contributed by atoms with Crippen LogP contribution in [0.2, 0.25) is 0 Å². The molecule has 3 aliphatic rings. The van der Waals surface area contributed by atoms with E-state index in [-0.39, 0.29) is 17.5 Å². The van der Waals surface area contributed by atoms with Gasteiger partial charge in [0.2, 0.25) is 0 Å². The fourth-order valence-corrected chi connectivity index (χ4v) is 4.28. The van der Waals surface area contributed by atoms with Crippen molar-refractivity contribution >= 4 is 5.97 Å². The summed E-state index contributed by atoms with van der Waals surface area (Å²) >= 11 is 0. The Kier molecular flexibility index (Phi) is 4.32. The van der Waals surface area contributed by atoms with Crippen LogP contribution in [0.15, 0.2) is 0 Å². The van der Waals surface area contributed by atoms with Gasteiger partial charge in [-0.25, -0.2) is 0 Å². The molecule has 2 unspecified atom stereocenters. The van der Waals surface area contributed by atoms with E-state index in [1.807, 2.05) is 0 Å². The van der Waals surface area contributed by atoms with Crippen molar-refractivity contribution in [2.45, 2.75) is 63.1 Å². The SMILES string of the molecule is COC(=O)C1CCCN(CC2CCC3(CCCC3)O2)C1. The first-order valence-corrected chi connectivity index (χ1v) is 8.19. The molecule has 1 aliphatic carbocycles. The summed E-state index contributed by atoms with van der Waals surface area (Å²) in [6.07, 6.45) is 10.1. The second-order valence-corrected chi connectivity index (χ2v) is 6.79. The number of methoxy groups -OCH3 is 1. The summed E-state index contributed by atoms with van der Waals surface area (Å²) in [6.45, 7) is 2.94. The smallest absolute Gasteiger partial charge is 0.309 e. The van der Waals surface area contributed by atoms with Crippen LogP contribution < -0.4 is 0 Å². The summed E-state index contributed by atoms with van der Waals surface area (Å²) in [5.74, 6) is 0.0184. The van der Waals surface area contributed by atoms with Crippen molar-refractivity contribution in [1.29, 1.82) is 0 Å². The lowest BCUT2D eigenvalue weighted by atomic mass is 9.97. The van der Waals surface area contributed by atoms with E-state index < -0.39 is 0 Å². The molecule has 2 saturated heterocycles. The minimum Gasteiger partial charge on any atom is -0.469 e. The Morgan fingerprint density at radius 1 is 1.25 bits per heavy atom. The number of ether oxygens (including phenoxy) is 2. The zero-order chi connectivity index (χ0) is 14.0. The van der Waals surface area contributed by atoms with Crippen molar-refractivity contribution in [1.82, 2.24) is 4.90 Å². The number of rotatable bonds is 3. The van der Waals surface area contributed by atoms with Crippen molar-refractivity contribution in [3.8, 4) is 0 Å². The van der Waals surface area contributed by atoms with Gasteiger partial charge < -0.3 is 9.47 Å². The largest absolute Gasteiger partial charge is 0.469 e. The number of hydrogen-bond donors (Lipinski definition) is 0. The molecule has 0 amide bonds. The average molecular weight is 281 g/mol. The van der Waals surface area contributed by atoms with Crippen LogP contribution in [0.1, 0.15) is 51.4 Å². The molecule has 114 valence electrons. The molecular weight excluding hydrogens is 254 g/mol. The van der Waals surface area contributed by atoms with Crippen molar-refractivity contribution < 1.29 is 14.3 Å². The van der Waals surface area contributed by atoms with Gasteiger partial charge in [-0.05, 0) is 45.1 Å². The Bertz CT molecular complexity index is 352. The van der Waals surface area contributed by atoms with Gasteiger partial charge in [-0.3, -0.25) is 9.69 Å². The zero-order valence-corrected chi connectivity index (χ0v) is 12.6. The number of carbonyl (C=O) groups excluding carboxylic acids is 1. The summed E-state index contributed by atoms with van der Waals surface area (Å²) in [4.78, 5) is 14.1. The molecule has 1 spiro atoms. The second kappa shape index (κ2) is 6.02. The third-order valence-corrected chi connectivity index (χ3v) is 5.36. The van der Waals surface area contributed by atoms with Crippen LogP contribution in [0.3, 0.4) is 0 Å². The Morgan fingerprint density at radius 2 is 2.05 bits per heavy atom. The summed E-state index contributed by atoms with van der Waals surface area (Å²) in [6, 6.07) is 0. The Labute approximate surface area is 121 Å². The van der Waals surface area contributed by atoms with E-state index in [0.717, 1.165) is 32.5 Å². The maximum Gasteiger partial charge on any atom is 0.309 e. The standard InChI is InChI=1S/C16H27NO3/c1-19-15(18)13-5-4-10-17(11-13)12-14-6-9-16(20-14)7-2-3-8-16/h13-14H,2-12H2,1H3. The van der Waals surface area contributed by atoms with E-state index in [9.17, 15) is 4.79 Å². The van der Waals surface area contributed by atoms with E-state index in [0.29, 0.717) is 6.10 Å². The van der Waals surface area contributed by atoms with Gasteiger partial charge in [0, 0.05) is 13.1 Å². The predicted octanol–water partition coefficient (Wildman–Crippen LogP) is 2.36. The molecule has 0 radical (unpaired) electrons. The van der Waals surface area contributed by atoms with Gasteiger partial charge in [0.05, 0.1) is 24.7 Å². The number of carbonyl (C=O) groups is 1. The molecule has 3 fully saturated rings. The lowest BCUT2D eigenvalue weighted by Gasteiger charge is -2.33. The Morgan fingerprint density at radius 3 is 2.80 bits per heavy atom. The normalized spacial score (nSPS) is 33.6. The molecule has 0 N–H and O–H groups in total. The van der Waals surface area contributed by atoms with Crippen LogP contribution in [0, 0.1) is 5.92 Å². The zero-order valence-electron chi connectivity index (χ0n) is 12.6. The quantitative estimate of drug-likeness (QED) is 0.744. The van der Waals surface area contributed by atoms with Crippen molar-refractivity contribution in [3.63, 3.8) is 0 Å². The molecule has 1 saturated carbocycles. The van der Waals surface area contributed by atoms with Crippen LogP contribution in [0.25, 0.3) is 0 Å². The molecule has 20 heavy (non-hydrogen) atoms. The summed E-state index contributed by atoms with van der Waals surface area (Å²) in [7, 11) is 1.49. The van der Waals surface area contributed by atoms with E-state index in [4.69, 9.17) is 9.47 Å². The number of esters is 1. The number of nitrogens with zero attached hydrogens (tertiary/aromatic N) is 1. The first-order chi connectivity index (χ1) is 9.71. The van der Waals surface area contributed by atoms with E-state index >= 15 is 0 Å². The summed E-state index contributed by atoms with van der Waals surface area (Å²) < 4.78 is 11.3. The highest BCUT2D eigenvalue weighted by Crippen LogP contribution is 2.43. The van der Waals surface area contributed by atoms with Crippen molar-refractivity contribution in [3.05, 3.63) is 0 Å².